The molecule has 0 amide bonds. The van der Waals surface area contributed by atoms with Crippen LogP contribution in [0.1, 0.15) is 18.7 Å². The smallest absolute Gasteiger partial charge is 0.247 e. The van der Waals surface area contributed by atoms with E-state index in [2.05, 4.69) is 15.2 Å². The maximum Gasteiger partial charge on any atom is 0.247 e. The highest BCUT2D eigenvalue weighted by molar-refractivity contribution is 7.98. The second kappa shape index (κ2) is 7.79. The molecule has 1 aromatic carbocycles. The molecule has 27 heavy (non-hydrogen) atoms. The summed E-state index contributed by atoms with van der Waals surface area (Å²) >= 11 is 1.42. The van der Waals surface area contributed by atoms with E-state index in [-0.39, 0.29) is 4.90 Å². The summed E-state index contributed by atoms with van der Waals surface area (Å²) in [5, 5.41) is 8.81. The SMILES string of the molecule is O=S(=O)(c1ccc(SCc2nnc(-c3ccccc3)o2)nc1)N1CCCC1. The molecule has 7 nitrogen and oxygen atoms in total. The van der Waals surface area contributed by atoms with Gasteiger partial charge in [0.2, 0.25) is 21.8 Å². The maximum atomic E-state index is 12.5. The Morgan fingerprint density at radius 2 is 1.81 bits per heavy atom. The number of hydrogen-bond donors (Lipinski definition) is 0. The summed E-state index contributed by atoms with van der Waals surface area (Å²) in [6.45, 7) is 1.17. The van der Waals surface area contributed by atoms with Crippen molar-refractivity contribution in [1.82, 2.24) is 19.5 Å². The monoisotopic (exact) mass is 402 g/mol. The van der Waals surface area contributed by atoms with Crippen LogP contribution in [-0.2, 0) is 15.8 Å². The predicted octanol–water partition coefficient (Wildman–Crippen LogP) is 3.21. The number of rotatable bonds is 6. The number of nitrogens with zero attached hydrogens (tertiary/aromatic N) is 4. The van der Waals surface area contributed by atoms with E-state index in [4.69, 9.17) is 4.42 Å². The molecule has 1 aliphatic heterocycles. The highest BCUT2D eigenvalue weighted by Crippen LogP contribution is 2.25. The molecule has 3 aromatic rings. The van der Waals surface area contributed by atoms with Crippen LogP contribution in [0, 0.1) is 0 Å². The van der Waals surface area contributed by atoms with Gasteiger partial charge in [0.15, 0.2) is 0 Å². The topological polar surface area (TPSA) is 89.2 Å². The van der Waals surface area contributed by atoms with Gasteiger partial charge in [0, 0.05) is 24.8 Å². The standard InChI is InChI=1S/C18H18N4O3S2/c23-27(24,22-10-4-5-11-22)15-8-9-17(19-12-15)26-13-16-20-21-18(25-16)14-6-2-1-3-7-14/h1-3,6-9,12H,4-5,10-11,13H2. The third kappa shape index (κ3) is 4.05. The van der Waals surface area contributed by atoms with E-state index in [1.807, 2.05) is 30.3 Å². The summed E-state index contributed by atoms with van der Waals surface area (Å²) in [5.74, 6) is 1.44. The molecule has 0 radical (unpaired) electrons. The third-order valence-corrected chi connectivity index (χ3v) is 7.05. The molecule has 0 spiro atoms. The molecule has 0 N–H and O–H groups in total. The summed E-state index contributed by atoms with van der Waals surface area (Å²) in [5.41, 5.74) is 0.871. The average Bonchev–Trinajstić information content (AvgIpc) is 3.40. The van der Waals surface area contributed by atoms with Gasteiger partial charge in [-0.1, -0.05) is 30.0 Å². The van der Waals surface area contributed by atoms with Crippen LogP contribution in [0.25, 0.3) is 11.5 Å². The van der Waals surface area contributed by atoms with E-state index < -0.39 is 10.0 Å². The number of benzene rings is 1. The predicted molar refractivity (Wildman–Crippen MR) is 102 cm³/mol. The zero-order chi connectivity index (χ0) is 18.7. The van der Waals surface area contributed by atoms with Crippen molar-refractivity contribution >= 4 is 21.8 Å². The molecule has 9 heteroatoms. The van der Waals surface area contributed by atoms with Gasteiger partial charge in [-0.15, -0.1) is 10.2 Å². The zero-order valence-corrected chi connectivity index (χ0v) is 16.1. The molecule has 0 bridgehead atoms. The van der Waals surface area contributed by atoms with Gasteiger partial charge in [-0.3, -0.25) is 0 Å². The maximum absolute atomic E-state index is 12.5. The first-order chi connectivity index (χ1) is 13.1. The summed E-state index contributed by atoms with van der Waals surface area (Å²) < 4.78 is 32.2. The summed E-state index contributed by atoms with van der Waals surface area (Å²) in [6, 6.07) is 12.9. The van der Waals surface area contributed by atoms with E-state index >= 15 is 0 Å². The third-order valence-electron chi connectivity index (χ3n) is 4.24. The lowest BCUT2D eigenvalue weighted by Crippen LogP contribution is -2.27. The summed E-state index contributed by atoms with van der Waals surface area (Å²) in [6.07, 6.45) is 3.24. The lowest BCUT2D eigenvalue weighted by atomic mass is 10.2. The molecule has 140 valence electrons. The lowest BCUT2D eigenvalue weighted by molar-refractivity contribution is 0.477. The van der Waals surface area contributed by atoms with Crippen molar-refractivity contribution < 1.29 is 12.8 Å². The largest absolute Gasteiger partial charge is 0.420 e. The first kappa shape index (κ1) is 18.1. The highest BCUT2D eigenvalue weighted by atomic mass is 32.2. The Hall–Kier alpha value is -2.23. The van der Waals surface area contributed by atoms with Crippen molar-refractivity contribution in [2.24, 2.45) is 0 Å². The quantitative estimate of drug-likeness (QED) is 0.585. The van der Waals surface area contributed by atoms with Crippen molar-refractivity contribution in [1.29, 1.82) is 0 Å². The number of thioether (sulfide) groups is 1. The molecule has 1 saturated heterocycles. The molecule has 2 aromatic heterocycles. The average molecular weight is 403 g/mol. The van der Waals surface area contributed by atoms with E-state index in [1.54, 1.807) is 12.1 Å². The van der Waals surface area contributed by atoms with Crippen molar-refractivity contribution in [2.75, 3.05) is 13.1 Å². The number of hydrogen-bond acceptors (Lipinski definition) is 7. The van der Waals surface area contributed by atoms with Gasteiger partial charge in [-0.2, -0.15) is 4.31 Å². The van der Waals surface area contributed by atoms with Crippen LogP contribution in [0.4, 0.5) is 0 Å². The minimum atomic E-state index is -3.43. The first-order valence-corrected chi connectivity index (χ1v) is 11.0. The van der Waals surface area contributed by atoms with E-state index in [9.17, 15) is 8.42 Å². The van der Waals surface area contributed by atoms with Crippen LogP contribution < -0.4 is 0 Å². The van der Waals surface area contributed by atoms with Gasteiger partial charge in [-0.05, 0) is 37.1 Å². The molecule has 3 heterocycles. The van der Waals surface area contributed by atoms with Crippen molar-refractivity contribution in [3.8, 4) is 11.5 Å². The molecule has 0 saturated carbocycles. The number of sulfonamides is 1. The van der Waals surface area contributed by atoms with E-state index in [0.717, 1.165) is 18.4 Å². The Labute approximate surface area is 161 Å². The van der Waals surface area contributed by atoms with Gasteiger partial charge >= 0.3 is 0 Å². The van der Waals surface area contributed by atoms with E-state index in [1.165, 1.54) is 22.3 Å². The summed E-state index contributed by atoms with van der Waals surface area (Å²) in [7, 11) is -3.43. The van der Waals surface area contributed by atoms with Gasteiger partial charge in [-0.25, -0.2) is 13.4 Å². The van der Waals surface area contributed by atoms with Gasteiger partial charge in [0.1, 0.15) is 4.90 Å². The fourth-order valence-electron chi connectivity index (χ4n) is 2.83. The molecule has 0 aliphatic carbocycles. The van der Waals surface area contributed by atoms with Gasteiger partial charge in [0.05, 0.1) is 10.8 Å². The highest BCUT2D eigenvalue weighted by Gasteiger charge is 2.27. The van der Waals surface area contributed by atoms with E-state index in [0.29, 0.717) is 35.6 Å². The molecule has 1 fully saturated rings. The minimum Gasteiger partial charge on any atom is -0.420 e. The zero-order valence-electron chi connectivity index (χ0n) is 14.5. The van der Waals surface area contributed by atoms with Gasteiger partial charge in [0.25, 0.3) is 0 Å². The second-order valence-corrected chi connectivity index (χ2v) is 9.03. The van der Waals surface area contributed by atoms with Crippen LogP contribution in [0.3, 0.4) is 0 Å². The fourth-order valence-corrected chi connectivity index (χ4v) is 4.97. The molecular weight excluding hydrogens is 384 g/mol. The fraction of sp³-hybridized carbons (Fsp3) is 0.278. The Kier molecular flexibility index (Phi) is 5.24. The molecule has 1 aliphatic rings. The normalized spacial score (nSPS) is 15.3. The minimum absolute atomic E-state index is 0.234. The Morgan fingerprint density at radius 1 is 1.04 bits per heavy atom. The Bertz CT molecular complexity index is 999. The van der Waals surface area contributed by atoms with Crippen molar-refractivity contribution in [3.05, 3.63) is 54.6 Å². The second-order valence-electron chi connectivity index (χ2n) is 6.10. The molecular formula is C18H18N4O3S2. The van der Waals surface area contributed by atoms with Crippen molar-refractivity contribution in [3.63, 3.8) is 0 Å². The number of pyridine rings is 1. The van der Waals surface area contributed by atoms with Crippen molar-refractivity contribution in [2.45, 2.75) is 28.5 Å². The number of aromatic nitrogens is 3. The Morgan fingerprint density at radius 3 is 2.52 bits per heavy atom. The first-order valence-electron chi connectivity index (χ1n) is 8.60. The lowest BCUT2D eigenvalue weighted by Gasteiger charge is -2.15. The van der Waals surface area contributed by atoms with Crippen LogP contribution in [0.2, 0.25) is 0 Å². The molecule has 0 unspecified atom stereocenters. The molecule has 0 atom stereocenters. The Balaban J connectivity index is 1.40. The molecule has 4 rings (SSSR count). The van der Waals surface area contributed by atoms with Crippen LogP contribution in [-0.4, -0.2) is 41.0 Å². The van der Waals surface area contributed by atoms with Crippen LogP contribution in [0.5, 0.6) is 0 Å². The van der Waals surface area contributed by atoms with Crippen LogP contribution >= 0.6 is 11.8 Å². The summed E-state index contributed by atoms with van der Waals surface area (Å²) in [4.78, 5) is 4.50. The van der Waals surface area contributed by atoms with Gasteiger partial charge < -0.3 is 4.42 Å². The van der Waals surface area contributed by atoms with Crippen LogP contribution in [0.15, 0.2) is 63.0 Å².